The van der Waals surface area contributed by atoms with Gasteiger partial charge in [0.2, 0.25) is 5.91 Å². The van der Waals surface area contributed by atoms with Crippen LogP contribution in [-0.2, 0) is 37.3 Å². The summed E-state index contributed by atoms with van der Waals surface area (Å²) in [6.45, 7) is 0.777. The van der Waals surface area contributed by atoms with E-state index in [1.807, 2.05) is 35.9 Å². The van der Waals surface area contributed by atoms with Crippen LogP contribution in [0.2, 0.25) is 5.02 Å². The van der Waals surface area contributed by atoms with Crippen LogP contribution in [0.3, 0.4) is 0 Å². The Hall–Kier alpha value is -3.47. The molecule has 6 rings (SSSR count). The monoisotopic (exact) mass is 681 g/mol. The number of hydrogen-bond acceptors (Lipinski definition) is 6. The molecule has 2 amide bonds. The van der Waals surface area contributed by atoms with Crippen LogP contribution in [-0.4, -0.2) is 71.9 Å². The number of likely N-dealkylation sites (tertiary alicyclic amines) is 1. The van der Waals surface area contributed by atoms with Crippen molar-refractivity contribution in [2.24, 2.45) is 13.0 Å². The number of anilines is 1. The number of nitrogens with one attached hydrogen (secondary N) is 1. The van der Waals surface area contributed by atoms with Gasteiger partial charge in [0.05, 0.1) is 66.7 Å². The molecule has 3 aromatic rings. The molecule has 1 N–H and O–H groups in total. The van der Waals surface area contributed by atoms with E-state index in [9.17, 15) is 14.4 Å². The van der Waals surface area contributed by atoms with Crippen molar-refractivity contribution in [3.05, 3.63) is 64.6 Å². The fraction of sp³-hybridized carbons (Fsp3) is 0.541. The van der Waals surface area contributed by atoms with Crippen molar-refractivity contribution in [3.8, 4) is 0 Å². The molecule has 0 radical (unpaired) electrons. The van der Waals surface area contributed by atoms with Gasteiger partial charge in [0.25, 0.3) is 5.91 Å². The fourth-order valence-electron chi connectivity index (χ4n) is 7.58. The highest BCUT2D eigenvalue weighted by Gasteiger charge is 2.38. The van der Waals surface area contributed by atoms with Crippen molar-refractivity contribution in [2.75, 3.05) is 25.6 Å². The lowest BCUT2D eigenvalue weighted by atomic mass is 9.87. The number of methoxy groups -OCH3 is 1. The Bertz CT molecular complexity index is 1630. The van der Waals surface area contributed by atoms with Crippen molar-refractivity contribution in [3.63, 3.8) is 0 Å². The smallest absolute Gasteiger partial charge is 0.308 e. The molecule has 9 nitrogen and oxygen atoms in total. The SMILES string of the molecule is COC(=O)C1CCC(OC[C@@H]2C[C@H](OC3CCCCC3)CN2C(=O)Cc2cc(Cl)c(NC(=O)c3cn(C)c4ccccc34)cc2F)CC1. The maximum Gasteiger partial charge on any atom is 0.308 e. The number of esters is 1. The van der Waals surface area contributed by atoms with E-state index in [1.54, 1.807) is 11.1 Å². The van der Waals surface area contributed by atoms with Crippen LogP contribution >= 0.6 is 11.6 Å². The Morgan fingerprint density at radius 2 is 1.73 bits per heavy atom. The number of rotatable bonds is 10. The number of carbonyl (C=O) groups excluding carboxylic acids is 3. The quantitative estimate of drug-likeness (QED) is 0.236. The topological polar surface area (TPSA) is 99.1 Å². The summed E-state index contributed by atoms with van der Waals surface area (Å²) in [6.07, 6.45) is 10.8. The Labute approximate surface area is 286 Å². The second-order valence-electron chi connectivity index (χ2n) is 13.5. The van der Waals surface area contributed by atoms with Crippen LogP contribution in [0.25, 0.3) is 10.9 Å². The molecule has 2 aromatic carbocycles. The summed E-state index contributed by atoms with van der Waals surface area (Å²) in [6, 6.07) is 9.93. The number of para-hydroxylation sites is 1. The number of benzene rings is 2. The number of fused-ring (bicyclic) bond motifs is 1. The van der Waals surface area contributed by atoms with E-state index in [2.05, 4.69) is 5.32 Å². The normalized spacial score (nSPS) is 23.4. The lowest BCUT2D eigenvalue weighted by Gasteiger charge is -2.30. The van der Waals surface area contributed by atoms with Crippen LogP contribution in [0.15, 0.2) is 42.6 Å². The number of nitrogens with zero attached hydrogens (tertiary/aromatic N) is 2. The van der Waals surface area contributed by atoms with Crippen LogP contribution in [0.4, 0.5) is 10.1 Å². The summed E-state index contributed by atoms with van der Waals surface area (Å²) >= 11 is 6.55. The van der Waals surface area contributed by atoms with Crippen LogP contribution in [0.1, 0.15) is 80.1 Å². The summed E-state index contributed by atoms with van der Waals surface area (Å²) in [5, 5.41) is 3.67. The molecule has 2 aliphatic carbocycles. The van der Waals surface area contributed by atoms with E-state index >= 15 is 4.39 Å². The molecule has 11 heteroatoms. The zero-order valence-electron chi connectivity index (χ0n) is 27.7. The van der Waals surface area contributed by atoms with Gasteiger partial charge in [-0.15, -0.1) is 0 Å². The minimum atomic E-state index is -0.620. The molecule has 2 atom stereocenters. The number of ether oxygens (including phenoxy) is 3. The fourth-order valence-corrected chi connectivity index (χ4v) is 7.82. The van der Waals surface area contributed by atoms with E-state index in [1.165, 1.54) is 25.7 Å². The van der Waals surface area contributed by atoms with Gasteiger partial charge in [0.1, 0.15) is 5.82 Å². The van der Waals surface area contributed by atoms with Crippen LogP contribution in [0.5, 0.6) is 0 Å². The third kappa shape index (κ3) is 7.87. The van der Waals surface area contributed by atoms with E-state index < -0.39 is 11.7 Å². The minimum absolute atomic E-state index is 0.00838. The summed E-state index contributed by atoms with van der Waals surface area (Å²) in [4.78, 5) is 40.7. The molecule has 258 valence electrons. The number of aromatic nitrogens is 1. The molecule has 0 unspecified atom stereocenters. The Morgan fingerprint density at radius 1 is 0.979 bits per heavy atom. The number of halogens is 2. The maximum atomic E-state index is 15.5. The molecule has 1 saturated heterocycles. The van der Waals surface area contributed by atoms with Crippen molar-refractivity contribution < 1.29 is 33.0 Å². The highest BCUT2D eigenvalue weighted by molar-refractivity contribution is 6.34. The minimum Gasteiger partial charge on any atom is -0.469 e. The zero-order valence-corrected chi connectivity index (χ0v) is 28.5. The summed E-state index contributed by atoms with van der Waals surface area (Å²) in [5.41, 5.74) is 1.65. The van der Waals surface area contributed by atoms with E-state index in [-0.39, 0.29) is 64.8 Å². The van der Waals surface area contributed by atoms with Crippen molar-refractivity contribution in [1.82, 2.24) is 9.47 Å². The largest absolute Gasteiger partial charge is 0.469 e. The number of hydrogen-bond donors (Lipinski definition) is 1. The molecule has 1 aliphatic heterocycles. The maximum absolute atomic E-state index is 15.5. The first kappa shape index (κ1) is 34.4. The Balaban J connectivity index is 1.11. The third-order valence-electron chi connectivity index (χ3n) is 10.2. The molecular weight excluding hydrogens is 637 g/mol. The summed E-state index contributed by atoms with van der Waals surface area (Å²) in [7, 11) is 3.28. The van der Waals surface area contributed by atoms with Gasteiger partial charge in [-0.3, -0.25) is 14.4 Å². The van der Waals surface area contributed by atoms with E-state index in [0.29, 0.717) is 25.1 Å². The van der Waals surface area contributed by atoms with E-state index in [0.717, 1.165) is 62.3 Å². The molecule has 2 heterocycles. The Kier molecular flexibility index (Phi) is 11.0. The molecule has 1 aromatic heterocycles. The lowest BCUT2D eigenvalue weighted by Crippen LogP contribution is -2.41. The molecule has 2 saturated carbocycles. The van der Waals surface area contributed by atoms with Gasteiger partial charge < -0.3 is 29.0 Å². The first-order chi connectivity index (χ1) is 23.2. The standard InChI is InChI=1S/C37H45ClFN3O6/c1-41-21-30(29-10-6-7-11-34(29)41)36(44)40-33-19-32(39)24(16-31(33)38)17-35(43)42-20-28(48-27-8-4-3-5-9-27)18-25(42)22-47-26-14-12-23(13-15-26)37(45)46-2/h6-7,10-11,16,19,21,23,25-28H,3-5,8-9,12-15,17-18,20,22H2,1-2H3,(H,40,44)/t23?,25-,26?,28-/m0/s1. The van der Waals surface area contributed by atoms with Gasteiger partial charge >= 0.3 is 5.97 Å². The lowest BCUT2D eigenvalue weighted by molar-refractivity contribution is -0.148. The first-order valence-corrected chi connectivity index (χ1v) is 17.6. The number of aryl methyl sites for hydroxylation is 1. The molecule has 0 bridgehead atoms. The molecule has 3 fully saturated rings. The van der Waals surface area contributed by atoms with Gasteiger partial charge in [-0.05, 0) is 68.7 Å². The second-order valence-corrected chi connectivity index (χ2v) is 13.9. The molecular formula is C37H45ClFN3O6. The van der Waals surface area contributed by atoms with Gasteiger partial charge in [-0.2, -0.15) is 0 Å². The highest BCUT2D eigenvalue weighted by atomic mass is 35.5. The van der Waals surface area contributed by atoms with Crippen molar-refractivity contribution in [2.45, 2.75) is 95.0 Å². The van der Waals surface area contributed by atoms with Gasteiger partial charge in [0.15, 0.2) is 0 Å². The van der Waals surface area contributed by atoms with Gasteiger partial charge in [-0.1, -0.05) is 49.1 Å². The predicted octanol–water partition coefficient (Wildman–Crippen LogP) is 6.83. The number of amides is 2. The molecule has 48 heavy (non-hydrogen) atoms. The van der Waals surface area contributed by atoms with Gasteiger partial charge in [0, 0.05) is 30.7 Å². The summed E-state index contributed by atoms with van der Waals surface area (Å²) in [5.74, 6) is -1.51. The highest BCUT2D eigenvalue weighted by Crippen LogP contribution is 2.32. The average molecular weight is 682 g/mol. The Morgan fingerprint density at radius 3 is 2.48 bits per heavy atom. The van der Waals surface area contributed by atoms with Gasteiger partial charge in [-0.25, -0.2) is 4.39 Å². The van der Waals surface area contributed by atoms with Crippen molar-refractivity contribution in [1.29, 1.82) is 0 Å². The molecule has 0 spiro atoms. The first-order valence-electron chi connectivity index (χ1n) is 17.2. The van der Waals surface area contributed by atoms with E-state index in [4.69, 9.17) is 25.8 Å². The third-order valence-corrected chi connectivity index (χ3v) is 10.5. The molecule has 3 aliphatic rings. The van der Waals surface area contributed by atoms with Crippen LogP contribution in [0, 0.1) is 11.7 Å². The van der Waals surface area contributed by atoms with Crippen LogP contribution < -0.4 is 5.32 Å². The second kappa shape index (κ2) is 15.4. The summed E-state index contributed by atoms with van der Waals surface area (Å²) < 4.78 is 35.1. The number of carbonyl (C=O) groups is 3. The average Bonchev–Trinajstić information content (AvgIpc) is 3.66. The van der Waals surface area contributed by atoms with Crippen molar-refractivity contribution >= 4 is 46.0 Å². The predicted molar refractivity (Wildman–Crippen MR) is 182 cm³/mol. The zero-order chi connectivity index (χ0) is 33.8.